The summed E-state index contributed by atoms with van der Waals surface area (Å²) in [6.07, 6.45) is 5.11. The van der Waals surface area contributed by atoms with E-state index in [0.717, 1.165) is 5.69 Å². The predicted octanol–water partition coefficient (Wildman–Crippen LogP) is 4.71. The highest BCUT2D eigenvalue weighted by atomic mass is 32.2. The SMILES string of the molecule is CC1=Nc2ccccc2SC2=C1CCCC2. The summed E-state index contributed by atoms with van der Waals surface area (Å²) in [6, 6.07) is 8.47. The first-order valence-electron chi connectivity index (χ1n) is 5.89. The van der Waals surface area contributed by atoms with Gasteiger partial charge in [0.1, 0.15) is 0 Å². The fourth-order valence-corrected chi connectivity index (χ4v) is 3.64. The number of hydrogen-bond acceptors (Lipinski definition) is 2. The highest BCUT2D eigenvalue weighted by Gasteiger charge is 2.19. The molecule has 1 aliphatic heterocycles. The van der Waals surface area contributed by atoms with Gasteiger partial charge in [-0.3, -0.25) is 4.99 Å². The molecule has 2 aliphatic rings. The molecular formula is C14H15NS. The van der Waals surface area contributed by atoms with Crippen LogP contribution in [-0.2, 0) is 0 Å². The number of fused-ring (bicyclic) bond motifs is 1. The van der Waals surface area contributed by atoms with Gasteiger partial charge in [-0.2, -0.15) is 0 Å². The average Bonchev–Trinajstić information content (AvgIpc) is 2.45. The lowest BCUT2D eigenvalue weighted by molar-refractivity contribution is 0.710. The Morgan fingerprint density at radius 3 is 2.88 bits per heavy atom. The molecule has 0 N–H and O–H groups in total. The second-order valence-corrected chi connectivity index (χ2v) is 5.51. The molecule has 1 heterocycles. The molecule has 0 bridgehead atoms. The number of para-hydroxylation sites is 1. The molecular weight excluding hydrogens is 214 g/mol. The van der Waals surface area contributed by atoms with E-state index in [9.17, 15) is 0 Å². The van der Waals surface area contributed by atoms with Gasteiger partial charge in [-0.15, -0.1) is 0 Å². The van der Waals surface area contributed by atoms with Gasteiger partial charge in [0.05, 0.1) is 5.69 Å². The summed E-state index contributed by atoms with van der Waals surface area (Å²) >= 11 is 1.93. The van der Waals surface area contributed by atoms with Crippen LogP contribution in [0.1, 0.15) is 32.6 Å². The maximum Gasteiger partial charge on any atom is 0.0772 e. The molecule has 1 aromatic carbocycles. The van der Waals surface area contributed by atoms with E-state index < -0.39 is 0 Å². The monoisotopic (exact) mass is 229 g/mol. The fraction of sp³-hybridized carbons (Fsp3) is 0.357. The van der Waals surface area contributed by atoms with Crippen molar-refractivity contribution in [2.75, 3.05) is 0 Å². The van der Waals surface area contributed by atoms with Crippen LogP contribution in [0.15, 0.2) is 44.6 Å². The Labute approximate surface area is 101 Å². The van der Waals surface area contributed by atoms with E-state index in [-0.39, 0.29) is 0 Å². The van der Waals surface area contributed by atoms with Crippen molar-refractivity contribution in [2.24, 2.45) is 4.99 Å². The lowest BCUT2D eigenvalue weighted by atomic mass is 9.96. The van der Waals surface area contributed by atoms with E-state index in [4.69, 9.17) is 4.99 Å². The molecule has 0 unspecified atom stereocenters. The summed E-state index contributed by atoms with van der Waals surface area (Å²) in [5.74, 6) is 0. The van der Waals surface area contributed by atoms with Gasteiger partial charge in [0.25, 0.3) is 0 Å². The van der Waals surface area contributed by atoms with Crippen molar-refractivity contribution in [3.63, 3.8) is 0 Å². The van der Waals surface area contributed by atoms with Gasteiger partial charge in [-0.25, -0.2) is 0 Å². The smallest absolute Gasteiger partial charge is 0.0772 e. The molecule has 1 aromatic rings. The van der Waals surface area contributed by atoms with Crippen LogP contribution in [0.2, 0.25) is 0 Å². The van der Waals surface area contributed by atoms with Gasteiger partial charge in [0.2, 0.25) is 0 Å². The molecule has 0 radical (unpaired) electrons. The van der Waals surface area contributed by atoms with Gasteiger partial charge in [0.15, 0.2) is 0 Å². The van der Waals surface area contributed by atoms with Crippen molar-refractivity contribution < 1.29 is 0 Å². The molecule has 0 atom stereocenters. The summed E-state index contributed by atoms with van der Waals surface area (Å²) in [7, 11) is 0. The summed E-state index contributed by atoms with van der Waals surface area (Å²) in [6.45, 7) is 2.16. The van der Waals surface area contributed by atoms with E-state index >= 15 is 0 Å². The molecule has 3 rings (SSSR count). The molecule has 0 saturated carbocycles. The summed E-state index contributed by atoms with van der Waals surface area (Å²) in [5, 5.41) is 0. The number of aliphatic imine (C=N–C) groups is 1. The Morgan fingerprint density at radius 2 is 1.94 bits per heavy atom. The van der Waals surface area contributed by atoms with Crippen LogP contribution in [0.4, 0.5) is 5.69 Å². The molecule has 0 amide bonds. The Balaban J connectivity index is 2.12. The van der Waals surface area contributed by atoms with Crippen molar-refractivity contribution in [3.8, 4) is 0 Å². The maximum atomic E-state index is 4.76. The minimum atomic E-state index is 1.14. The number of allylic oxidation sites excluding steroid dienone is 2. The molecule has 1 aliphatic carbocycles. The largest absolute Gasteiger partial charge is 0.252 e. The van der Waals surface area contributed by atoms with Crippen molar-refractivity contribution >= 4 is 23.2 Å². The zero-order chi connectivity index (χ0) is 11.0. The zero-order valence-corrected chi connectivity index (χ0v) is 10.3. The van der Waals surface area contributed by atoms with Crippen LogP contribution < -0.4 is 0 Å². The van der Waals surface area contributed by atoms with Crippen molar-refractivity contribution in [1.82, 2.24) is 0 Å². The van der Waals surface area contributed by atoms with E-state index in [1.165, 1.54) is 41.9 Å². The van der Waals surface area contributed by atoms with E-state index in [1.807, 2.05) is 11.8 Å². The first-order valence-corrected chi connectivity index (χ1v) is 6.71. The zero-order valence-electron chi connectivity index (χ0n) is 9.49. The average molecular weight is 229 g/mol. The van der Waals surface area contributed by atoms with Crippen LogP contribution in [0.3, 0.4) is 0 Å². The van der Waals surface area contributed by atoms with Crippen LogP contribution >= 0.6 is 11.8 Å². The van der Waals surface area contributed by atoms with Crippen molar-refractivity contribution in [3.05, 3.63) is 34.7 Å². The Kier molecular flexibility index (Phi) is 2.60. The number of thioether (sulfide) groups is 1. The molecule has 2 heteroatoms. The lowest BCUT2D eigenvalue weighted by Crippen LogP contribution is -2.04. The number of rotatable bonds is 0. The Bertz CT molecular complexity index is 485. The number of benzene rings is 1. The van der Waals surface area contributed by atoms with Crippen LogP contribution in [0.5, 0.6) is 0 Å². The third-order valence-corrected chi connectivity index (χ3v) is 4.50. The minimum absolute atomic E-state index is 1.14. The molecule has 0 fully saturated rings. The topological polar surface area (TPSA) is 12.4 Å². The van der Waals surface area contributed by atoms with E-state index in [2.05, 4.69) is 31.2 Å². The third-order valence-electron chi connectivity index (χ3n) is 3.24. The van der Waals surface area contributed by atoms with Crippen LogP contribution in [0, 0.1) is 0 Å². The maximum absolute atomic E-state index is 4.76. The van der Waals surface area contributed by atoms with Crippen molar-refractivity contribution in [1.29, 1.82) is 0 Å². The van der Waals surface area contributed by atoms with Crippen LogP contribution in [-0.4, -0.2) is 5.71 Å². The second kappa shape index (κ2) is 4.10. The molecule has 1 nitrogen and oxygen atoms in total. The standard InChI is InChI=1S/C14H15NS/c1-10-11-6-2-4-8-13(11)16-14-9-5-3-7-12(14)15-10/h3,5,7,9H,2,4,6,8H2,1H3. The van der Waals surface area contributed by atoms with E-state index in [0.29, 0.717) is 0 Å². The molecule has 0 saturated heterocycles. The first-order chi connectivity index (χ1) is 7.84. The quantitative estimate of drug-likeness (QED) is 0.627. The Morgan fingerprint density at radius 1 is 1.12 bits per heavy atom. The lowest BCUT2D eigenvalue weighted by Gasteiger charge is -2.17. The number of hydrogen-bond donors (Lipinski definition) is 0. The highest BCUT2D eigenvalue weighted by molar-refractivity contribution is 8.03. The molecule has 16 heavy (non-hydrogen) atoms. The van der Waals surface area contributed by atoms with Gasteiger partial charge in [0, 0.05) is 10.6 Å². The van der Waals surface area contributed by atoms with Gasteiger partial charge >= 0.3 is 0 Å². The van der Waals surface area contributed by atoms with Gasteiger partial charge in [-0.1, -0.05) is 23.9 Å². The Hall–Kier alpha value is -1.02. The molecule has 0 spiro atoms. The van der Waals surface area contributed by atoms with Crippen molar-refractivity contribution in [2.45, 2.75) is 37.5 Å². The minimum Gasteiger partial charge on any atom is -0.252 e. The summed E-state index contributed by atoms with van der Waals surface area (Å²) < 4.78 is 0. The molecule has 82 valence electrons. The van der Waals surface area contributed by atoms with Crippen LogP contribution in [0.25, 0.3) is 0 Å². The highest BCUT2D eigenvalue weighted by Crippen LogP contribution is 2.44. The van der Waals surface area contributed by atoms with Gasteiger partial charge < -0.3 is 0 Å². The van der Waals surface area contributed by atoms with Gasteiger partial charge in [-0.05, 0) is 55.2 Å². The molecule has 0 aromatic heterocycles. The summed E-state index contributed by atoms with van der Waals surface area (Å²) in [5.41, 5.74) is 3.87. The summed E-state index contributed by atoms with van der Waals surface area (Å²) in [4.78, 5) is 7.63. The first kappa shape index (κ1) is 10.2. The normalized spacial score (nSPS) is 19.7. The predicted molar refractivity (Wildman–Crippen MR) is 70.6 cm³/mol. The third kappa shape index (κ3) is 1.71. The second-order valence-electron chi connectivity index (χ2n) is 4.38. The van der Waals surface area contributed by atoms with E-state index in [1.54, 1.807) is 4.91 Å². The number of nitrogens with zero attached hydrogens (tertiary/aromatic N) is 1. The fourth-order valence-electron chi connectivity index (χ4n) is 2.39.